The van der Waals surface area contributed by atoms with Crippen LogP contribution in [0.1, 0.15) is 12.8 Å². The summed E-state index contributed by atoms with van der Waals surface area (Å²) in [7, 11) is 1.67. The van der Waals surface area contributed by atoms with Crippen LogP contribution >= 0.6 is 23.1 Å². The number of rotatable bonds is 4. The lowest BCUT2D eigenvalue weighted by molar-refractivity contribution is -0.120. The Kier molecular flexibility index (Phi) is 4.76. The number of piperidine rings is 1. The van der Waals surface area contributed by atoms with Crippen molar-refractivity contribution in [3.05, 3.63) is 36.4 Å². The van der Waals surface area contributed by atoms with Gasteiger partial charge >= 0.3 is 0 Å². The molecular formula is C20H19N5O2S2. The fraction of sp³-hybridized carbons (Fsp3) is 0.300. The van der Waals surface area contributed by atoms with Gasteiger partial charge < -0.3 is 15.0 Å². The highest BCUT2D eigenvalue weighted by molar-refractivity contribution is 7.22. The summed E-state index contributed by atoms with van der Waals surface area (Å²) < 4.78 is 14.9. The summed E-state index contributed by atoms with van der Waals surface area (Å²) in [6.07, 6.45) is 1.60. The zero-order valence-electron chi connectivity index (χ0n) is 15.8. The van der Waals surface area contributed by atoms with Gasteiger partial charge in [0.15, 0.2) is 5.13 Å². The van der Waals surface area contributed by atoms with Crippen LogP contribution in [0, 0.1) is 5.92 Å². The molecule has 0 unspecified atom stereocenters. The minimum absolute atomic E-state index is 0.0115. The van der Waals surface area contributed by atoms with E-state index in [1.807, 2.05) is 36.4 Å². The first-order valence-electron chi connectivity index (χ1n) is 9.43. The minimum Gasteiger partial charge on any atom is -0.497 e. The summed E-state index contributed by atoms with van der Waals surface area (Å²) in [6, 6.07) is 11.6. The molecule has 7 nitrogen and oxygen atoms in total. The van der Waals surface area contributed by atoms with Crippen molar-refractivity contribution in [3.63, 3.8) is 0 Å². The van der Waals surface area contributed by atoms with E-state index in [9.17, 15) is 4.79 Å². The van der Waals surface area contributed by atoms with Crippen molar-refractivity contribution >= 4 is 61.0 Å². The van der Waals surface area contributed by atoms with Crippen molar-refractivity contribution in [1.29, 1.82) is 0 Å². The number of anilines is 2. The van der Waals surface area contributed by atoms with Gasteiger partial charge in [-0.25, -0.2) is 4.98 Å². The molecule has 5 rings (SSSR count). The predicted molar refractivity (Wildman–Crippen MR) is 117 cm³/mol. The molecule has 0 radical (unpaired) electrons. The molecule has 1 aliphatic heterocycles. The molecule has 1 fully saturated rings. The summed E-state index contributed by atoms with van der Waals surface area (Å²) in [5, 5.41) is 4.05. The standard InChI is InChI=1S/C20H19N5O2S2/c1-27-13-5-6-14-17(11-13)28-20(22-14)25-9-7-12(8-10-25)19(26)21-15-3-2-4-16-18(15)24-29-23-16/h2-6,11-12H,7-10H2,1H3,(H,21,26). The molecule has 0 bridgehead atoms. The van der Waals surface area contributed by atoms with Crippen LogP contribution < -0.4 is 15.0 Å². The molecule has 3 heterocycles. The molecule has 148 valence electrons. The van der Waals surface area contributed by atoms with Gasteiger partial charge in [-0.05, 0) is 43.2 Å². The van der Waals surface area contributed by atoms with Crippen molar-refractivity contribution in [2.24, 2.45) is 5.92 Å². The van der Waals surface area contributed by atoms with Gasteiger partial charge in [-0.15, -0.1) is 0 Å². The number of hydrogen-bond donors (Lipinski definition) is 1. The zero-order chi connectivity index (χ0) is 19.8. The summed E-state index contributed by atoms with van der Waals surface area (Å²) in [5.41, 5.74) is 3.29. The number of nitrogens with one attached hydrogen (secondary N) is 1. The molecule has 0 atom stereocenters. The lowest BCUT2D eigenvalue weighted by Gasteiger charge is -2.31. The van der Waals surface area contributed by atoms with Crippen molar-refractivity contribution in [3.8, 4) is 5.75 Å². The maximum Gasteiger partial charge on any atom is 0.227 e. The number of hydrogen-bond acceptors (Lipinski definition) is 8. The normalized spacial score (nSPS) is 15.1. The van der Waals surface area contributed by atoms with Crippen molar-refractivity contribution in [1.82, 2.24) is 13.7 Å². The Labute approximate surface area is 175 Å². The average molecular weight is 426 g/mol. The monoisotopic (exact) mass is 425 g/mol. The number of aromatic nitrogens is 3. The van der Waals surface area contributed by atoms with Crippen LogP contribution in [0.25, 0.3) is 21.3 Å². The molecule has 2 aromatic heterocycles. The van der Waals surface area contributed by atoms with Crippen LogP contribution in [0.3, 0.4) is 0 Å². The Morgan fingerprint density at radius 2 is 2.03 bits per heavy atom. The SMILES string of the molecule is COc1ccc2nc(N3CCC(C(=O)Nc4cccc5nsnc45)CC3)sc2c1. The molecule has 1 N–H and O–H groups in total. The van der Waals surface area contributed by atoms with Crippen molar-refractivity contribution in [2.75, 3.05) is 30.4 Å². The fourth-order valence-corrected chi connectivity index (χ4v) is 5.23. The van der Waals surface area contributed by atoms with E-state index in [0.717, 1.165) is 75.5 Å². The first-order valence-corrected chi connectivity index (χ1v) is 11.0. The van der Waals surface area contributed by atoms with Crippen molar-refractivity contribution in [2.45, 2.75) is 12.8 Å². The van der Waals surface area contributed by atoms with Crippen LogP contribution in [-0.2, 0) is 4.79 Å². The van der Waals surface area contributed by atoms with Gasteiger partial charge in [0, 0.05) is 19.0 Å². The van der Waals surface area contributed by atoms with Gasteiger partial charge in [0.25, 0.3) is 0 Å². The van der Waals surface area contributed by atoms with Crippen LogP contribution in [-0.4, -0.2) is 39.8 Å². The number of nitrogens with zero attached hydrogens (tertiary/aromatic N) is 4. The number of amides is 1. The average Bonchev–Trinajstić information content (AvgIpc) is 3.40. The first kappa shape index (κ1) is 18.3. The molecule has 1 saturated heterocycles. The van der Waals surface area contributed by atoms with E-state index in [2.05, 4.69) is 19.0 Å². The second-order valence-corrected chi connectivity index (χ2v) is 8.56. The summed E-state index contributed by atoms with van der Waals surface area (Å²) in [5.74, 6) is 0.884. The van der Waals surface area contributed by atoms with Crippen LogP contribution in [0.4, 0.5) is 10.8 Å². The highest BCUT2D eigenvalue weighted by atomic mass is 32.1. The third-order valence-electron chi connectivity index (χ3n) is 5.26. The zero-order valence-corrected chi connectivity index (χ0v) is 17.4. The number of thiazole rings is 1. The maximum absolute atomic E-state index is 12.8. The van der Waals surface area contributed by atoms with Crippen LogP contribution in [0.5, 0.6) is 5.75 Å². The van der Waals surface area contributed by atoms with E-state index in [1.165, 1.54) is 0 Å². The Morgan fingerprint density at radius 1 is 1.17 bits per heavy atom. The van der Waals surface area contributed by atoms with E-state index in [4.69, 9.17) is 9.72 Å². The van der Waals surface area contributed by atoms with Gasteiger partial charge in [-0.3, -0.25) is 4.79 Å². The van der Waals surface area contributed by atoms with Gasteiger partial charge in [-0.1, -0.05) is 17.4 Å². The molecule has 4 aromatic rings. The van der Waals surface area contributed by atoms with E-state index in [1.54, 1.807) is 18.4 Å². The molecule has 1 aliphatic rings. The molecular weight excluding hydrogens is 406 g/mol. The second kappa shape index (κ2) is 7.57. The number of carbonyl (C=O) groups excluding carboxylic acids is 1. The van der Waals surface area contributed by atoms with Crippen LogP contribution in [0.15, 0.2) is 36.4 Å². The summed E-state index contributed by atoms with van der Waals surface area (Å²) >= 11 is 2.83. The topological polar surface area (TPSA) is 80.2 Å². The lowest BCUT2D eigenvalue weighted by Crippen LogP contribution is -2.38. The molecule has 2 aromatic carbocycles. The molecule has 9 heteroatoms. The molecule has 0 spiro atoms. The van der Waals surface area contributed by atoms with Gasteiger partial charge in [-0.2, -0.15) is 8.75 Å². The number of ether oxygens (including phenoxy) is 1. The van der Waals surface area contributed by atoms with E-state index < -0.39 is 0 Å². The third kappa shape index (κ3) is 3.51. The highest BCUT2D eigenvalue weighted by Crippen LogP contribution is 2.33. The Hall–Kier alpha value is -2.78. The Morgan fingerprint density at radius 3 is 2.86 bits per heavy atom. The van der Waals surface area contributed by atoms with Gasteiger partial charge in [0.05, 0.1) is 34.7 Å². The molecule has 0 saturated carbocycles. The van der Waals surface area contributed by atoms with E-state index >= 15 is 0 Å². The minimum atomic E-state index is -0.0115. The molecule has 0 aliphatic carbocycles. The van der Waals surface area contributed by atoms with Crippen LogP contribution in [0.2, 0.25) is 0 Å². The maximum atomic E-state index is 12.8. The predicted octanol–water partition coefficient (Wildman–Crippen LogP) is 4.16. The lowest BCUT2D eigenvalue weighted by atomic mass is 9.96. The Bertz CT molecular complexity index is 1180. The Balaban J connectivity index is 1.25. The number of fused-ring (bicyclic) bond motifs is 2. The fourth-order valence-electron chi connectivity index (χ4n) is 3.63. The number of methoxy groups -OCH3 is 1. The largest absolute Gasteiger partial charge is 0.497 e. The van der Waals surface area contributed by atoms with Gasteiger partial charge in [0.1, 0.15) is 16.8 Å². The van der Waals surface area contributed by atoms with Crippen molar-refractivity contribution < 1.29 is 9.53 Å². The highest BCUT2D eigenvalue weighted by Gasteiger charge is 2.27. The van der Waals surface area contributed by atoms with E-state index in [0.29, 0.717) is 0 Å². The van der Waals surface area contributed by atoms with Gasteiger partial charge in [0.2, 0.25) is 5.91 Å². The molecule has 29 heavy (non-hydrogen) atoms. The second-order valence-electron chi connectivity index (χ2n) is 7.02. The number of benzene rings is 2. The first-order chi connectivity index (χ1) is 14.2. The quantitative estimate of drug-likeness (QED) is 0.529. The smallest absolute Gasteiger partial charge is 0.227 e. The van der Waals surface area contributed by atoms with E-state index in [-0.39, 0.29) is 11.8 Å². The molecule has 1 amide bonds. The summed E-state index contributed by atoms with van der Waals surface area (Å²) in [4.78, 5) is 19.8. The third-order valence-corrected chi connectivity index (χ3v) is 6.89. The summed E-state index contributed by atoms with van der Waals surface area (Å²) in [6.45, 7) is 1.63. The number of carbonyl (C=O) groups is 1.